The quantitative estimate of drug-likeness (QED) is 0.429. The molecule has 7 nitrogen and oxygen atoms in total. The van der Waals surface area contributed by atoms with Gasteiger partial charge in [0.15, 0.2) is 0 Å². The summed E-state index contributed by atoms with van der Waals surface area (Å²) in [5.41, 5.74) is 5.53. The Hall–Kier alpha value is -2.97. The van der Waals surface area contributed by atoms with Crippen molar-refractivity contribution in [1.82, 2.24) is 20.4 Å². The molecular weight excluding hydrogens is 458 g/mol. The second-order valence-electron chi connectivity index (χ2n) is 9.48. The van der Waals surface area contributed by atoms with Gasteiger partial charge in [0.2, 0.25) is 5.91 Å². The number of nitrogens with one attached hydrogen (secondary N) is 2. The predicted octanol–water partition coefficient (Wildman–Crippen LogP) is 5.15. The molecule has 1 unspecified atom stereocenters. The summed E-state index contributed by atoms with van der Waals surface area (Å²) in [5, 5.41) is 17.3. The Morgan fingerprint density at radius 1 is 1.20 bits per heavy atom. The van der Waals surface area contributed by atoms with Crippen LogP contribution in [0.1, 0.15) is 50.3 Å². The van der Waals surface area contributed by atoms with E-state index in [1.807, 2.05) is 52.0 Å². The highest BCUT2D eigenvalue weighted by molar-refractivity contribution is 7.17. The van der Waals surface area contributed by atoms with Gasteiger partial charge in [-0.3, -0.25) is 4.79 Å². The van der Waals surface area contributed by atoms with E-state index in [-0.39, 0.29) is 18.1 Å². The van der Waals surface area contributed by atoms with Gasteiger partial charge in [-0.05, 0) is 76.5 Å². The van der Waals surface area contributed by atoms with E-state index in [1.54, 1.807) is 11.3 Å². The third kappa shape index (κ3) is 6.00. The van der Waals surface area contributed by atoms with E-state index in [0.29, 0.717) is 6.42 Å². The number of hydrogen-bond donors (Lipinski definition) is 2. The second-order valence-corrected chi connectivity index (χ2v) is 10.5. The van der Waals surface area contributed by atoms with Crippen LogP contribution in [0.5, 0.6) is 5.75 Å². The zero-order valence-electron chi connectivity index (χ0n) is 21.2. The Morgan fingerprint density at radius 2 is 2.00 bits per heavy atom. The summed E-state index contributed by atoms with van der Waals surface area (Å²) in [6.45, 7) is 4.79. The molecule has 4 rings (SSSR count). The highest BCUT2D eigenvalue weighted by Crippen LogP contribution is 2.39. The standard InChI is InChI=1S/C27H35N5O2S/c1-17(2)34-24-13-12-18(16-23(24)28-3)26-30-31-27(35-26)21-10-6-9-20-19(21)8-7-11-22(20)29-25(33)14-15-32(4)5/h6,9-10,12-13,16-17,22,28H,7-8,11,14-15H2,1-5H3,(H,29,33). The first-order chi connectivity index (χ1) is 16.9. The van der Waals surface area contributed by atoms with Gasteiger partial charge in [0.25, 0.3) is 0 Å². The van der Waals surface area contributed by atoms with Crippen molar-refractivity contribution in [2.24, 2.45) is 0 Å². The first-order valence-electron chi connectivity index (χ1n) is 12.2. The third-order valence-corrected chi connectivity index (χ3v) is 7.15. The van der Waals surface area contributed by atoms with E-state index in [4.69, 9.17) is 4.74 Å². The van der Waals surface area contributed by atoms with E-state index in [2.05, 4.69) is 45.1 Å². The lowest BCUT2D eigenvalue weighted by Gasteiger charge is -2.28. The molecule has 0 saturated carbocycles. The minimum Gasteiger partial charge on any atom is -0.489 e. The van der Waals surface area contributed by atoms with Gasteiger partial charge in [-0.15, -0.1) is 10.2 Å². The van der Waals surface area contributed by atoms with Crippen LogP contribution in [-0.2, 0) is 11.2 Å². The van der Waals surface area contributed by atoms with Crippen LogP contribution in [0.2, 0.25) is 0 Å². The summed E-state index contributed by atoms with van der Waals surface area (Å²) >= 11 is 1.59. The normalized spacial score (nSPS) is 15.2. The van der Waals surface area contributed by atoms with Crippen LogP contribution in [0.25, 0.3) is 21.1 Å². The maximum Gasteiger partial charge on any atom is 0.221 e. The summed E-state index contributed by atoms with van der Waals surface area (Å²) in [6.07, 6.45) is 3.59. The van der Waals surface area contributed by atoms with E-state index >= 15 is 0 Å². The monoisotopic (exact) mass is 493 g/mol. The molecule has 0 aliphatic heterocycles. The highest BCUT2D eigenvalue weighted by atomic mass is 32.1. The molecule has 8 heteroatoms. The van der Waals surface area contributed by atoms with Crippen molar-refractivity contribution < 1.29 is 9.53 Å². The van der Waals surface area contributed by atoms with Gasteiger partial charge in [-0.1, -0.05) is 29.5 Å². The van der Waals surface area contributed by atoms with Gasteiger partial charge in [0, 0.05) is 31.1 Å². The number of fused-ring (bicyclic) bond motifs is 1. The van der Waals surface area contributed by atoms with Crippen molar-refractivity contribution in [3.8, 4) is 26.9 Å². The van der Waals surface area contributed by atoms with Crippen molar-refractivity contribution in [3.63, 3.8) is 0 Å². The zero-order chi connectivity index (χ0) is 24.9. The fourth-order valence-corrected chi connectivity index (χ4v) is 5.35. The number of benzene rings is 2. The van der Waals surface area contributed by atoms with E-state index in [9.17, 15) is 4.79 Å². The Morgan fingerprint density at radius 3 is 2.74 bits per heavy atom. The minimum absolute atomic E-state index is 0.0486. The Labute approximate surface area is 211 Å². The van der Waals surface area contributed by atoms with Crippen molar-refractivity contribution >= 4 is 22.9 Å². The number of amides is 1. The number of anilines is 1. The third-order valence-electron chi connectivity index (χ3n) is 6.14. The molecule has 1 aliphatic carbocycles. The molecule has 0 fully saturated rings. The fraction of sp³-hybridized carbons (Fsp3) is 0.444. The van der Waals surface area contributed by atoms with Crippen LogP contribution < -0.4 is 15.4 Å². The van der Waals surface area contributed by atoms with Crippen molar-refractivity contribution in [1.29, 1.82) is 0 Å². The van der Waals surface area contributed by atoms with Crippen molar-refractivity contribution in [3.05, 3.63) is 47.5 Å². The molecule has 1 aliphatic rings. The predicted molar refractivity (Wildman–Crippen MR) is 143 cm³/mol. The number of nitrogens with zero attached hydrogens (tertiary/aromatic N) is 3. The molecule has 186 valence electrons. The number of carbonyl (C=O) groups is 1. The molecule has 0 spiro atoms. The van der Waals surface area contributed by atoms with Gasteiger partial charge in [0.05, 0.1) is 17.8 Å². The topological polar surface area (TPSA) is 79.4 Å². The molecule has 3 aromatic rings. The van der Waals surface area contributed by atoms with Crippen LogP contribution >= 0.6 is 11.3 Å². The molecule has 35 heavy (non-hydrogen) atoms. The average molecular weight is 494 g/mol. The molecule has 2 N–H and O–H groups in total. The van der Waals surface area contributed by atoms with E-state index in [0.717, 1.165) is 58.4 Å². The molecule has 0 saturated heterocycles. The Balaban J connectivity index is 1.58. The lowest BCUT2D eigenvalue weighted by molar-refractivity contribution is -0.122. The maximum atomic E-state index is 12.5. The van der Waals surface area contributed by atoms with Crippen LogP contribution in [0.4, 0.5) is 5.69 Å². The van der Waals surface area contributed by atoms with Crippen LogP contribution in [0.15, 0.2) is 36.4 Å². The Bertz CT molecular complexity index is 1170. The van der Waals surface area contributed by atoms with E-state index < -0.39 is 0 Å². The minimum atomic E-state index is 0.0486. The summed E-state index contributed by atoms with van der Waals surface area (Å²) in [7, 11) is 5.86. The summed E-state index contributed by atoms with van der Waals surface area (Å²) in [4.78, 5) is 14.5. The molecule has 1 aromatic heterocycles. The average Bonchev–Trinajstić information content (AvgIpc) is 3.32. The maximum absolute atomic E-state index is 12.5. The second kappa shape index (κ2) is 11.2. The number of hydrogen-bond acceptors (Lipinski definition) is 7. The molecule has 0 bridgehead atoms. The summed E-state index contributed by atoms with van der Waals surface area (Å²) in [5.74, 6) is 0.928. The summed E-state index contributed by atoms with van der Waals surface area (Å²) in [6, 6.07) is 12.5. The largest absolute Gasteiger partial charge is 0.489 e. The van der Waals surface area contributed by atoms with Crippen molar-refractivity contribution in [2.45, 2.75) is 51.7 Å². The van der Waals surface area contributed by atoms with Gasteiger partial charge in [-0.2, -0.15) is 0 Å². The molecule has 2 aromatic carbocycles. The van der Waals surface area contributed by atoms with Crippen molar-refractivity contribution in [2.75, 3.05) is 33.0 Å². The fourth-order valence-electron chi connectivity index (χ4n) is 4.45. The van der Waals surface area contributed by atoms with Gasteiger partial charge < -0.3 is 20.3 Å². The number of rotatable bonds is 9. The van der Waals surface area contributed by atoms with E-state index in [1.165, 1.54) is 11.1 Å². The zero-order valence-corrected chi connectivity index (χ0v) is 22.0. The highest BCUT2D eigenvalue weighted by Gasteiger charge is 2.25. The van der Waals surface area contributed by atoms with Gasteiger partial charge in [-0.25, -0.2) is 0 Å². The molecular formula is C27H35N5O2S. The SMILES string of the molecule is CNc1cc(-c2nnc(-c3cccc4c3CCCC4NC(=O)CCN(C)C)s2)ccc1OC(C)C. The van der Waals surface area contributed by atoms with Crippen LogP contribution in [-0.4, -0.2) is 54.8 Å². The first kappa shape index (κ1) is 25.1. The van der Waals surface area contributed by atoms with Gasteiger partial charge in [0.1, 0.15) is 15.8 Å². The molecule has 1 amide bonds. The lowest BCUT2D eigenvalue weighted by Crippen LogP contribution is -2.33. The molecule has 0 radical (unpaired) electrons. The molecule has 1 heterocycles. The Kier molecular flexibility index (Phi) is 8.03. The van der Waals surface area contributed by atoms with Crippen LogP contribution in [0, 0.1) is 0 Å². The molecule has 1 atom stereocenters. The lowest BCUT2D eigenvalue weighted by atomic mass is 9.85. The number of ether oxygens (including phenoxy) is 1. The van der Waals surface area contributed by atoms with Crippen LogP contribution in [0.3, 0.4) is 0 Å². The van der Waals surface area contributed by atoms with Gasteiger partial charge >= 0.3 is 0 Å². The smallest absolute Gasteiger partial charge is 0.221 e. The first-order valence-corrected chi connectivity index (χ1v) is 13.1. The number of carbonyl (C=O) groups excluding carboxylic acids is 1. The number of aromatic nitrogens is 2. The summed E-state index contributed by atoms with van der Waals surface area (Å²) < 4.78 is 5.90.